The molecule has 6 heteroatoms. The summed E-state index contributed by atoms with van der Waals surface area (Å²) in [5.74, 6) is -0.851. The van der Waals surface area contributed by atoms with Crippen LogP contribution in [0.2, 0.25) is 0 Å². The van der Waals surface area contributed by atoms with Crippen LogP contribution in [0.4, 0.5) is 13.2 Å². The number of alkyl halides is 3. The van der Waals surface area contributed by atoms with Crippen molar-refractivity contribution < 1.29 is 17.6 Å². The average molecular weight is 178 g/mol. The van der Waals surface area contributed by atoms with Gasteiger partial charge in [-0.1, -0.05) is 0 Å². The van der Waals surface area contributed by atoms with E-state index in [-0.39, 0.29) is 0 Å². The van der Waals surface area contributed by atoms with Gasteiger partial charge in [-0.2, -0.15) is 13.2 Å². The number of halogens is 3. The lowest BCUT2D eigenvalue weighted by atomic mass is 10.4. The highest BCUT2D eigenvalue weighted by atomic mass is 19.4. The van der Waals surface area contributed by atoms with Gasteiger partial charge in [0.05, 0.1) is 12.2 Å². The van der Waals surface area contributed by atoms with Crippen LogP contribution in [0.5, 0.6) is 0 Å². The summed E-state index contributed by atoms with van der Waals surface area (Å²) in [5, 5.41) is 2.82. The molecule has 0 aromatic carbocycles. The second kappa shape index (κ2) is 2.22. The maximum atomic E-state index is 12.0. The van der Waals surface area contributed by atoms with Crippen LogP contribution in [0.1, 0.15) is 17.3 Å². The smallest absolute Gasteiger partial charge is 0.436 e. The van der Waals surface area contributed by atoms with Gasteiger partial charge in [0.2, 0.25) is 0 Å². The summed E-state index contributed by atoms with van der Waals surface area (Å²) in [4.78, 5) is 3.31. The van der Waals surface area contributed by atoms with E-state index in [9.17, 15) is 13.2 Å². The van der Waals surface area contributed by atoms with E-state index >= 15 is 0 Å². The van der Waals surface area contributed by atoms with Gasteiger partial charge < -0.3 is 9.73 Å². The van der Waals surface area contributed by atoms with E-state index in [4.69, 9.17) is 0 Å². The minimum atomic E-state index is -4.47. The molecule has 0 fully saturated rings. The minimum Gasteiger partial charge on any atom is -0.436 e. The largest absolute Gasteiger partial charge is 0.468 e. The molecule has 2 heterocycles. The standard InChI is InChI=1S/C6H5F3N2O/c7-6(8,9)5-11-3-1-10-2-4(3)12-5/h10H,1-2H2. The van der Waals surface area contributed by atoms with Crippen molar-refractivity contribution in [2.75, 3.05) is 0 Å². The number of hydrogen-bond donors (Lipinski definition) is 1. The Kier molecular flexibility index (Phi) is 1.41. The summed E-state index contributed by atoms with van der Waals surface area (Å²) in [6.45, 7) is 0.688. The van der Waals surface area contributed by atoms with Crippen LogP contribution in [0.25, 0.3) is 0 Å². The Morgan fingerprint density at radius 3 is 2.67 bits per heavy atom. The van der Waals surface area contributed by atoms with Crippen molar-refractivity contribution in [1.29, 1.82) is 0 Å². The van der Waals surface area contributed by atoms with Gasteiger partial charge in [0.15, 0.2) is 0 Å². The lowest BCUT2D eigenvalue weighted by Crippen LogP contribution is -2.08. The highest BCUT2D eigenvalue weighted by molar-refractivity contribution is 5.14. The first-order valence-corrected chi connectivity index (χ1v) is 3.34. The monoisotopic (exact) mass is 178 g/mol. The third kappa shape index (κ3) is 1.08. The molecular formula is C6H5F3N2O. The molecule has 0 atom stereocenters. The molecule has 66 valence electrons. The quantitative estimate of drug-likeness (QED) is 0.650. The van der Waals surface area contributed by atoms with Crippen LogP contribution >= 0.6 is 0 Å². The molecule has 0 radical (unpaired) electrons. The number of oxazole rings is 1. The zero-order valence-electron chi connectivity index (χ0n) is 5.90. The third-order valence-corrected chi connectivity index (χ3v) is 1.60. The van der Waals surface area contributed by atoms with E-state index in [2.05, 4.69) is 14.7 Å². The molecule has 0 spiro atoms. The molecule has 12 heavy (non-hydrogen) atoms. The van der Waals surface area contributed by atoms with Crippen molar-refractivity contribution in [1.82, 2.24) is 10.3 Å². The molecule has 0 bridgehead atoms. The molecule has 1 aliphatic rings. The summed E-state index contributed by atoms with van der Waals surface area (Å²) in [5.41, 5.74) is 0.363. The second-order valence-corrected chi connectivity index (χ2v) is 2.49. The number of aromatic nitrogens is 1. The highest BCUT2D eigenvalue weighted by Gasteiger charge is 2.39. The molecule has 0 saturated heterocycles. The topological polar surface area (TPSA) is 38.1 Å². The summed E-state index contributed by atoms with van der Waals surface area (Å²) >= 11 is 0. The van der Waals surface area contributed by atoms with Crippen molar-refractivity contribution >= 4 is 0 Å². The number of hydrogen-bond acceptors (Lipinski definition) is 3. The molecule has 2 rings (SSSR count). The molecule has 0 amide bonds. The van der Waals surface area contributed by atoms with Gasteiger partial charge in [0, 0.05) is 6.54 Å². The summed E-state index contributed by atoms with van der Waals surface area (Å²) < 4.78 is 40.4. The first kappa shape index (κ1) is 7.60. The summed E-state index contributed by atoms with van der Waals surface area (Å²) in [6, 6.07) is 0. The molecule has 1 aromatic heterocycles. The van der Waals surface area contributed by atoms with Crippen LogP contribution in [-0.2, 0) is 19.3 Å². The van der Waals surface area contributed by atoms with Crippen LogP contribution < -0.4 is 5.32 Å². The first-order valence-electron chi connectivity index (χ1n) is 3.34. The fourth-order valence-electron chi connectivity index (χ4n) is 1.08. The second-order valence-electron chi connectivity index (χ2n) is 2.49. The predicted molar refractivity (Wildman–Crippen MR) is 32.0 cm³/mol. The van der Waals surface area contributed by atoms with Gasteiger partial charge in [-0.3, -0.25) is 0 Å². The lowest BCUT2D eigenvalue weighted by molar-refractivity contribution is -0.157. The van der Waals surface area contributed by atoms with E-state index in [1.165, 1.54) is 0 Å². The van der Waals surface area contributed by atoms with Gasteiger partial charge in [-0.25, -0.2) is 4.98 Å². The zero-order chi connectivity index (χ0) is 8.77. The Labute approximate surface area is 65.6 Å². The van der Waals surface area contributed by atoms with E-state index in [1.807, 2.05) is 0 Å². The van der Waals surface area contributed by atoms with E-state index in [0.717, 1.165) is 0 Å². The Hall–Kier alpha value is -1.04. The number of rotatable bonds is 0. The van der Waals surface area contributed by atoms with Crippen LogP contribution in [0.3, 0.4) is 0 Å². The fourth-order valence-corrected chi connectivity index (χ4v) is 1.08. The van der Waals surface area contributed by atoms with Crippen molar-refractivity contribution in [3.63, 3.8) is 0 Å². The average Bonchev–Trinajstić information content (AvgIpc) is 2.37. The molecule has 0 aliphatic carbocycles. The Morgan fingerprint density at radius 2 is 2.08 bits per heavy atom. The minimum absolute atomic E-state index is 0.294. The van der Waals surface area contributed by atoms with Gasteiger partial charge in [0.25, 0.3) is 0 Å². The maximum absolute atomic E-state index is 12.0. The van der Waals surface area contributed by atoms with E-state index in [1.54, 1.807) is 0 Å². The Balaban J connectivity index is 2.38. The normalized spacial score (nSPS) is 16.6. The highest BCUT2D eigenvalue weighted by Crippen LogP contribution is 2.30. The Morgan fingerprint density at radius 1 is 1.33 bits per heavy atom. The fraction of sp³-hybridized carbons (Fsp3) is 0.500. The van der Waals surface area contributed by atoms with Crippen LogP contribution in [-0.4, -0.2) is 4.98 Å². The van der Waals surface area contributed by atoms with Crippen LogP contribution in [0.15, 0.2) is 4.42 Å². The summed E-state index contributed by atoms with van der Waals surface area (Å²) in [6.07, 6.45) is -4.47. The number of nitrogens with one attached hydrogen (secondary N) is 1. The molecule has 1 N–H and O–H groups in total. The zero-order valence-corrected chi connectivity index (χ0v) is 5.90. The molecule has 0 unspecified atom stereocenters. The third-order valence-electron chi connectivity index (χ3n) is 1.60. The molecule has 3 nitrogen and oxygen atoms in total. The van der Waals surface area contributed by atoms with Gasteiger partial charge in [-0.05, 0) is 0 Å². The van der Waals surface area contributed by atoms with Gasteiger partial charge >= 0.3 is 12.1 Å². The number of nitrogens with zero attached hydrogens (tertiary/aromatic N) is 1. The van der Waals surface area contributed by atoms with Crippen LogP contribution in [0, 0.1) is 0 Å². The lowest BCUT2D eigenvalue weighted by Gasteiger charge is -1.98. The molecular weight excluding hydrogens is 173 g/mol. The molecule has 1 aliphatic heterocycles. The van der Waals surface area contributed by atoms with Crippen molar-refractivity contribution in [3.05, 3.63) is 17.3 Å². The maximum Gasteiger partial charge on any atom is 0.468 e. The van der Waals surface area contributed by atoms with Gasteiger partial charge in [0.1, 0.15) is 5.76 Å². The van der Waals surface area contributed by atoms with Crippen molar-refractivity contribution in [2.45, 2.75) is 19.3 Å². The SMILES string of the molecule is FC(F)(F)c1nc2c(o1)CNC2. The predicted octanol–water partition coefficient (Wildman–Crippen LogP) is 1.30. The first-order chi connectivity index (χ1) is 5.57. The molecule has 0 saturated carbocycles. The van der Waals surface area contributed by atoms with Gasteiger partial charge in [-0.15, -0.1) is 0 Å². The van der Waals surface area contributed by atoms with E-state index < -0.39 is 12.1 Å². The van der Waals surface area contributed by atoms with E-state index in [0.29, 0.717) is 24.5 Å². The molecule has 1 aromatic rings. The summed E-state index contributed by atoms with van der Waals surface area (Å²) in [7, 11) is 0. The number of fused-ring (bicyclic) bond motifs is 1. The van der Waals surface area contributed by atoms with Crippen molar-refractivity contribution in [2.24, 2.45) is 0 Å². The Bertz CT molecular complexity index is 283. The van der Waals surface area contributed by atoms with Crippen molar-refractivity contribution in [3.8, 4) is 0 Å².